The van der Waals surface area contributed by atoms with E-state index in [1.54, 1.807) is 24.3 Å². The lowest BCUT2D eigenvalue weighted by atomic mass is 10.0. The number of nitriles is 1. The molecule has 1 aliphatic carbocycles. The highest BCUT2D eigenvalue weighted by molar-refractivity contribution is 6.30. The second-order valence-corrected chi connectivity index (χ2v) is 8.00. The van der Waals surface area contributed by atoms with E-state index < -0.39 is 23.6 Å². The highest BCUT2D eigenvalue weighted by Gasteiger charge is 2.44. The largest absolute Gasteiger partial charge is 0.389 e. The summed E-state index contributed by atoms with van der Waals surface area (Å²) < 4.78 is 38.8. The van der Waals surface area contributed by atoms with Gasteiger partial charge in [-0.25, -0.2) is 4.98 Å². The average molecular weight is 438 g/mol. The van der Waals surface area contributed by atoms with Gasteiger partial charge in [0.15, 0.2) is 5.78 Å². The van der Waals surface area contributed by atoms with Crippen molar-refractivity contribution in [2.75, 3.05) is 0 Å². The Balaban J connectivity index is 1.89. The van der Waals surface area contributed by atoms with E-state index in [-0.39, 0.29) is 37.4 Å². The Morgan fingerprint density at radius 1 is 1.27 bits per heavy atom. The molecule has 1 aromatic heterocycles. The predicted octanol–water partition coefficient (Wildman–Crippen LogP) is 4.71. The molecule has 5 nitrogen and oxygen atoms in total. The summed E-state index contributed by atoms with van der Waals surface area (Å²) in [5.41, 5.74) is -0.285. The molecule has 1 aromatic carbocycles. The van der Waals surface area contributed by atoms with Crippen molar-refractivity contribution in [1.29, 1.82) is 5.26 Å². The summed E-state index contributed by atoms with van der Waals surface area (Å²) in [6, 6.07) is 9.92. The van der Waals surface area contributed by atoms with E-state index in [1.165, 1.54) is 6.07 Å². The molecule has 1 saturated carbocycles. The Bertz CT molecular complexity index is 1040. The van der Waals surface area contributed by atoms with Crippen LogP contribution in [0.4, 0.5) is 13.2 Å². The number of ketones is 1. The number of aromatic nitrogens is 2. The highest BCUT2D eigenvalue weighted by Crippen LogP contribution is 2.48. The molecule has 1 aliphatic rings. The van der Waals surface area contributed by atoms with Crippen LogP contribution in [-0.4, -0.2) is 21.5 Å². The van der Waals surface area contributed by atoms with Crippen LogP contribution in [0.25, 0.3) is 11.3 Å². The van der Waals surface area contributed by atoms with E-state index in [9.17, 15) is 22.8 Å². The second-order valence-electron chi connectivity index (χ2n) is 7.57. The van der Waals surface area contributed by atoms with Gasteiger partial charge in [0, 0.05) is 35.9 Å². The number of Topliss-reactive ketones (excluding diaryl/α,β-unsaturated/α-hetero) is 1. The van der Waals surface area contributed by atoms with E-state index in [0.717, 1.165) is 4.57 Å². The minimum atomic E-state index is -4.32. The third-order valence-electron chi connectivity index (χ3n) is 5.05. The van der Waals surface area contributed by atoms with E-state index in [0.29, 0.717) is 29.1 Å². The first-order valence-corrected chi connectivity index (χ1v) is 9.85. The van der Waals surface area contributed by atoms with Gasteiger partial charge in [-0.3, -0.25) is 14.2 Å². The molecule has 0 radical (unpaired) electrons. The van der Waals surface area contributed by atoms with Gasteiger partial charge in [0.25, 0.3) is 5.56 Å². The number of aryl methyl sites for hydroxylation is 1. The zero-order chi connectivity index (χ0) is 21.9. The van der Waals surface area contributed by atoms with Gasteiger partial charge in [-0.2, -0.15) is 18.4 Å². The molecule has 0 bridgehead atoms. The molecule has 9 heteroatoms. The smallest absolute Gasteiger partial charge is 0.298 e. The fourth-order valence-electron chi connectivity index (χ4n) is 3.22. The Kier molecular flexibility index (Phi) is 6.32. The lowest BCUT2D eigenvalue weighted by Crippen LogP contribution is -2.29. The molecule has 0 amide bonds. The monoisotopic (exact) mass is 437 g/mol. The minimum Gasteiger partial charge on any atom is -0.298 e. The van der Waals surface area contributed by atoms with Crippen LogP contribution in [0.5, 0.6) is 0 Å². The van der Waals surface area contributed by atoms with Crippen molar-refractivity contribution in [2.24, 2.45) is 5.41 Å². The van der Waals surface area contributed by atoms with Crippen LogP contribution in [0, 0.1) is 16.7 Å². The number of hydrogen-bond acceptors (Lipinski definition) is 4. The third-order valence-corrected chi connectivity index (χ3v) is 5.30. The minimum absolute atomic E-state index is 0.0247. The molecule has 30 heavy (non-hydrogen) atoms. The van der Waals surface area contributed by atoms with Gasteiger partial charge >= 0.3 is 6.18 Å². The first-order chi connectivity index (χ1) is 14.1. The van der Waals surface area contributed by atoms with Crippen molar-refractivity contribution in [3.05, 3.63) is 51.5 Å². The topological polar surface area (TPSA) is 75.8 Å². The van der Waals surface area contributed by atoms with Crippen molar-refractivity contribution in [3.63, 3.8) is 0 Å². The number of hydrogen-bond donors (Lipinski definition) is 0. The molecule has 0 aliphatic heterocycles. The van der Waals surface area contributed by atoms with Gasteiger partial charge < -0.3 is 0 Å². The SMILES string of the molecule is N#CC1(CC(=O)Cn2c(CCCC(F)(F)F)nc(-c3ccc(Cl)cc3)cc2=O)CC1. The Morgan fingerprint density at radius 3 is 2.50 bits per heavy atom. The summed E-state index contributed by atoms with van der Waals surface area (Å²) in [4.78, 5) is 29.5. The van der Waals surface area contributed by atoms with Crippen molar-refractivity contribution >= 4 is 17.4 Å². The van der Waals surface area contributed by atoms with E-state index in [4.69, 9.17) is 16.9 Å². The van der Waals surface area contributed by atoms with E-state index in [2.05, 4.69) is 11.1 Å². The summed E-state index contributed by atoms with van der Waals surface area (Å²) in [6.45, 7) is -0.308. The fraction of sp³-hybridized carbons (Fsp3) is 0.429. The normalized spacial score (nSPS) is 14.9. The number of nitrogens with zero attached hydrogens (tertiary/aromatic N) is 3. The number of halogens is 4. The predicted molar refractivity (Wildman–Crippen MR) is 105 cm³/mol. The molecular weight excluding hydrogens is 419 g/mol. The molecule has 0 spiro atoms. The summed E-state index contributed by atoms with van der Waals surface area (Å²) in [7, 11) is 0. The van der Waals surface area contributed by atoms with Crippen molar-refractivity contribution in [1.82, 2.24) is 9.55 Å². The maximum Gasteiger partial charge on any atom is 0.389 e. The van der Waals surface area contributed by atoms with Crippen LogP contribution in [-0.2, 0) is 17.8 Å². The van der Waals surface area contributed by atoms with Crippen molar-refractivity contribution in [2.45, 2.75) is 51.2 Å². The molecule has 0 N–H and O–H groups in total. The average Bonchev–Trinajstić information content (AvgIpc) is 3.43. The Morgan fingerprint density at radius 2 is 1.93 bits per heavy atom. The second kappa shape index (κ2) is 8.60. The quantitative estimate of drug-likeness (QED) is 0.599. The zero-order valence-corrected chi connectivity index (χ0v) is 16.8. The number of benzene rings is 1. The van der Waals surface area contributed by atoms with Crippen molar-refractivity contribution in [3.8, 4) is 17.3 Å². The van der Waals surface area contributed by atoms with Crippen LogP contribution in [0.3, 0.4) is 0 Å². The lowest BCUT2D eigenvalue weighted by Gasteiger charge is -2.14. The lowest BCUT2D eigenvalue weighted by molar-refractivity contribution is -0.135. The van der Waals surface area contributed by atoms with Gasteiger partial charge in [0.1, 0.15) is 5.82 Å². The van der Waals surface area contributed by atoms with Crippen LogP contribution < -0.4 is 5.56 Å². The number of carbonyl (C=O) groups is 1. The third kappa shape index (κ3) is 5.70. The molecule has 0 atom stereocenters. The Labute approximate surface area is 176 Å². The summed E-state index contributed by atoms with van der Waals surface area (Å²) in [5.74, 6) is -0.193. The maximum atomic E-state index is 12.7. The van der Waals surface area contributed by atoms with E-state index in [1.807, 2.05) is 0 Å². The molecule has 3 rings (SSSR count). The summed E-state index contributed by atoms with van der Waals surface area (Å²) in [6.07, 6.45) is -4.40. The summed E-state index contributed by atoms with van der Waals surface area (Å²) in [5, 5.41) is 9.65. The number of alkyl halides is 3. The zero-order valence-electron chi connectivity index (χ0n) is 16.0. The van der Waals surface area contributed by atoms with Crippen molar-refractivity contribution < 1.29 is 18.0 Å². The van der Waals surface area contributed by atoms with Gasteiger partial charge in [0.2, 0.25) is 0 Å². The van der Waals surface area contributed by atoms with Crippen LogP contribution in [0.1, 0.15) is 37.9 Å². The van der Waals surface area contributed by atoms with Gasteiger partial charge in [-0.05, 0) is 31.4 Å². The van der Waals surface area contributed by atoms with Gasteiger partial charge in [-0.15, -0.1) is 0 Å². The number of carbonyl (C=O) groups excluding carboxylic acids is 1. The molecule has 1 heterocycles. The first kappa shape index (κ1) is 22.0. The van der Waals surface area contributed by atoms with E-state index >= 15 is 0 Å². The summed E-state index contributed by atoms with van der Waals surface area (Å²) >= 11 is 5.87. The van der Waals surface area contributed by atoms with Crippen LogP contribution in [0.2, 0.25) is 5.02 Å². The van der Waals surface area contributed by atoms with Gasteiger partial charge in [-0.1, -0.05) is 23.7 Å². The van der Waals surface area contributed by atoms with Crippen LogP contribution in [0.15, 0.2) is 35.1 Å². The molecule has 0 saturated heterocycles. The first-order valence-electron chi connectivity index (χ1n) is 9.47. The maximum absolute atomic E-state index is 12.7. The molecular formula is C21H19ClF3N3O2. The fourth-order valence-corrected chi connectivity index (χ4v) is 3.34. The van der Waals surface area contributed by atoms with Crippen LogP contribution >= 0.6 is 11.6 Å². The van der Waals surface area contributed by atoms with Gasteiger partial charge in [0.05, 0.1) is 23.7 Å². The number of rotatable bonds is 8. The molecule has 2 aromatic rings. The Hall–Kier alpha value is -2.66. The standard InChI is InChI=1S/C21H19ClF3N3O2/c22-15-5-3-14(4-6-15)17-10-19(30)28(12-16(29)11-20(13-26)8-9-20)18(27-17)2-1-7-21(23,24)25/h3-6,10H,1-2,7-9,11-12H2. The molecule has 1 fully saturated rings. The highest BCUT2D eigenvalue weighted by atomic mass is 35.5. The molecule has 0 unspecified atom stereocenters. The molecule has 158 valence electrons.